The van der Waals surface area contributed by atoms with Crippen LogP contribution in [0.3, 0.4) is 0 Å². The minimum Gasteiger partial charge on any atom is -0.328 e. The molecule has 0 saturated heterocycles. The number of carbonyl (C=O) groups is 1. The molecule has 3 aromatic heterocycles. The van der Waals surface area contributed by atoms with E-state index in [9.17, 15) is 9.18 Å². The quantitative estimate of drug-likeness (QED) is 0.492. The molecule has 0 atom stereocenters. The Morgan fingerprint density at radius 1 is 1.00 bits per heavy atom. The van der Waals surface area contributed by atoms with E-state index in [0.717, 1.165) is 16.8 Å². The molecule has 4 aromatic rings. The Kier molecular flexibility index (Phi) is 4.55. The van der Waals surface area contributed by atoms with Gasteiger partial charge in [-0.1, -0.05) is 12.1 Å². The van der Waals surface area contributed by atoms with E-state index in [1.165, 1.54) is 25.1 Å². The van der Waals surface area contributed by atoms with Gasteiger partial charge in [0, 0.05) is 35.2 Å². The van der Waals surface area contributed by atoms with Gasteiger partial charge in [-0.2, -0.15) is 4.39 Å². The van der Waals surface area contributed by atoms with Crippen molar-refractivity contribution in [2.24, 2.45) is 0 Å². The number of anilines is 1. The fraction of sp³-hybridized carbons (Fsp3) is 0.130. The maximum absolute atomic E-state index is 13.1. The molecule has 0 unspecified atom stereocenters. The number of hydrogen-bond donors (Lipinski definition) is 1. The minimum absolute atomic E-state index is 0.269. The maximum atomic E-state index is 13.1. The molecule has 0 radical (unpaired) electrons. The van der Waals surface area contributed by atoms with Crippen LogP contribution in [-0.2, 0) is 0 Å². The normalized spacial score (nSPS) is 13.2. The molecule has 1 N–H and O–H groups in total. The summed E-state index contributed by atoms with van der Waals surface area (Å²) in [5, 5.41) is 2.91. The van der Waals surface area contributed by atoms with Gasteiger partial charge in [0.05, 0.1) is 18.2 Å². The van der Waals surface area contributed by atoms with Crippen LogP contribution < -0.4 is 5.32 Å². The Morgan fingerprint density at radius 2 is 1.90 bits per heavy atom. The van der Waals surface area contributed by atoms with Crippen LogP contribution in [0.25, 0.3) is 22.4 Å². The minimum atomic E-state index is -0.548. The van der Waals surface area contributed by atoms with Gasteiger partial charge in [0.2, 0.25) is 5.95 Å². The molecule has 0 spiro atoms. The second-order valence-corrected chi connectivity index (χ2v) is 7.25. The molecule has 30 heavy (non-hydrogen) atoms. The summed E-state index contributed by atoms with van der Waals surface area (Å²) in [6.45, 7) is 0. The summed E-state index contributed by atoms with van der Waals surface area (Å²) < 4.78 is 15.2. The van der Waals surface area contributed by atoms with Crippen molar-refractivity contribution < 1.29 is 9.18 Å². The molecule has 0 bridgehead atoms. The summed E-state index contributed by atoms with van der Waals surface area (Å²) in [6.07, 6.45) is 9.03. The molecule has 1 amide bonds. The molecule has 1 aliphatic carbocycles. The van der Waals surface area contributed by atoms with Crippen LogP contribution in [0.2, 0.25) is 0 Å². The first kappa shape index (κ1) is 18.2. The van der Waals surface area contributed by atoms with Gasteiger partial charge in [0.25, 0.3) is 5.91 Å². The van der Waals surface area contributed by atoms with Crippen LogP contribution in [-0.4, -0.2) is 25.4 Å². The van der Waals surface area contributed by atoms with E-state index in [2.05, 4.69) is 24.8 Å². The van der Waals surface area contributed by atoms with Crippen molar-refractivity contribution in [1.82, 2.24) is 19.5 Å². The number of carbonyl (C=O) groups excluding carboxylic acids is 1. The second-order valence-electron chi connectivity index (χ2n) is 7.25. The van der Waals surface area contributed by atoms with E-state index in [4.69, 9.17) is 0 Å². The topological polar surface area (TPSA) is 72.7 Å². The largest absolute Gasteiger partial charge is 0.328 e. The number of pyridine rings is 2. The fourth-order valence-electron chi connectivity index (χ4n) is 3.40. The lowest BCUT2D eigenvalue weighted by Crippen LogP contribution is -2.13. The molecule has 5 rings (SSSR count). The van der Waals surface area contributed by atoms with Crippen LogP contribution in [0.4, 0.5) is 10.1 Å². The number of halogens is 1. The highest BCUT2D eigenvalue weighted by molar-refractivity contribution is 6.03. The highest BCUT2D eigenvalue weighted by Crippen LogP contribution is 2.38. The summed E-state index contributed by atoms with van der Waals surface area (Å²) in [7, 11) is 0. The van der Waals surface area contributed by atoms with Crippen molar-refractivity contribution in [3.8, 4) is 22.4 Å². The lowest BCUT2D eigenvalue weighted by Gasteiger charge is -2.10. The van der Waals surface area contributed by atoms with Gasteiger partial charge in [-0.05, 0) is 54.8 Å². The van der Waals surface area contributed by atoms with Crippen molar-refractivity contribution in [3.63, 3.8) is 0 Å². The number of hydrogen-bond acceptors (Lipinski definition) is 4. The van der Waals surface area contributed by atoms with Crippen molar-refractivity contribution in [2.75, 3.05) is 5.32 Å². The van der Waals surface area contributed by atoms with Crippen LogP contribution in [0.5, 0.6) is 0 Å². The van der Waals surface area contributed by atoms with E-state index in [0.29, 0.717) is 17.3 Å². The number of benzene rings is 1. The molecule has 3 heterocycles. The lowest BCUT2D eigenvalue weighted by atomic mass is 10.1. The van der Waals surface area contributed by atoms with Gasteiger partial charge in [0.15, 0.2) is 0 Å². The monoisotopic (exact) mass is 399 g/mol. The average Bonchev–Trinajstić information content (AvgIpc) is 3.50. The summed E-state index contributed by atoms with van der Waals surface area (Å²) in [6, 6.07) is 14.5. The first-order valence-corrected chi connectivity index (χ1v) is 9.69. The molecule has 148 valence electrons. The van der Waals surface area contributed by atoms with Gasteiger partial charge < -0.3 is 9.88 Å². The summed E-state index contributed by atoms with van der Waals surface area (Å²) in [5.41, 5.74) is 4.43. The molecule has 1 saturated carbocycles. The zero-order valence-corrected chi connectivity index (χ0v) is 16.0. The van der Waals surface area contributed by atoms with Crippen LogP contribution in [0.15, 0.2) is 73.4 Å². The molecule has 1 aromatic carbocycles. The average molecular weight is 399 g/mol. The highest BCUT2D eigenvalue weighted by Gasteiger charge is 2.25. The first-order valence-electron chi connectivity index (χ1n) is 9.69. The lowest BCUT2D eigenvalue weighted by molar-refractivity contribution is 0.102. The van der Waals surface area contributed by atoms with E-state index < -0.39 is 5.95 Å². The standard InChI is InChI=1S/C23H18FN5O/c24-22-7-4-17(12-27-22)15-8-9-26-20(11-15)23(30)28-18-3-1-2-16(10-18)21-13-25-14-29(21)19-5-6-19/h1-4,7-14,19H,5-6H2,(H,28,30). The number of amides is 1. The second kappa shape index (κ2) is 7.51. The predicted molar refractivity (Wildman–Crippen MR) is 111 cm³/mol. The predicted octanol–water partition coefficient (Wildman–Crippen LogP) is 4.73. The van der Waals surface area contributed by atoms with E-state index in [1.54, 1.807) is 24.4 Å². The van der Waals surface area contributed by atoms with Crippen LogP contribution in [0, 0.1) is 5.95 Å². The number of rotatable bonds is 5. The number of nitrogens with zero attached hydrogens (tertiary/aromatic N) is 4. The van der Waals surface area contributed by atoms with E-state index in [1.807, 2.05) is 36.8 Å². The summed E-state index contributed by atoms with van der Waals surface area (Å²) in [5.74, 6) is -0.867. The summed E-state index contributed by atoms with van der Waals surface area (Å²) in [4.78, 5) is 24.9. The third-order valence-electron chi connectivity index (χ3n) is 5.08. The third kappa shape index (κ3) is 3.69. The zero-order valence-electron chi connectivity index (χ0n) is 16.0. The molecular formula is C23H18FN5O. The Hall–Kier alpha value is -3.87. The molecule has 6 nitrogen and oxygen atoms in total. The SMILES string of the molecule is O=C(Nc1cccc(-c2cncn2C2CC2)c1)c1cc(-c2ccc(F)nc2)ccn1. The van der Waals surface area contributed by atoms with E-state index in [-0.39, 0.29) is 11.6 Å². The number of nitrogens with one attached hydrogen (secondary N) is 1. The summed E-state index contributed by atoms with van der Waals surface area (Å²) >= 11 is 0. The van der Waals surface area contributed by atoms with Crippen molar-refractivity contribution in [2.45, 2.75) is 18.9 Å². The third-order valence-corrected chi connectivity index (χ3v) is 5.08. The smallest absolute Gasteiger partial charge is 0.274 e. The Morgan fingerprint density at radius 3 is 2.70 bits per heavy atom. The van der Waals surface area contributed by atoms with Gasteiger partial charge in [-0.15, -0.1) is 0 Å². The van der Waals surface area contributed by atoms with Gasteiger partial charge in [0.1, 0.15) is 5.69 Å². The van der Waals surface area contributed by atoms with Gasteiger partial charge >= 0.3 is 0 Å². The molecule has 0 aliphatic heterocycles. The highest BCUT2D eigenvalue weighted by atomic mass is 19.1. The van der Waals surface area contributed by atoms with Crippen LogP contribution in [0.1, 0.15) is 29.4 Å². The fourth-order valence-corrected chi connectivity index (χ4v) is 3.40. The first-order chi connectivity index (χ1) is 14.7. The molecule has 7 heteroatoms. The molecular weight excluding hydrogens is 381 g/mol. The molecule has 1 fully saturated rings. The Bertz CT molecular complexity index is 1210. The van der Waals surface area contributed by atoms with Gasteiger partial charge in [-0.3, -0.25) is 9.78 Å². The van der Waals surface area contributed by atoms with Crippen molar-refractivity contribution in [1.29, 1.82) is 0 Å². The number of imidazole rings is 1. The van der Waals surface area contributed by atoms with Crippen LogP contribution >= 0.6 is 0 Å². The Labute approximate surface area is 172 Å². The van der Waals surface area contributed by atoms with E-state index >= 15 is 0 Å². The van der Waals surface area contributed by atoms with Crippen molar-refractivity contribution >= 4 is 11.6 Å². The maximum Gasteiger partial charge on any atom is 0.274 e. The Balaban J connectivity index is 1.37. The molecule has 1 aliphatic rings. The number of aromatic nitrogens is 4. The van der Waals surface area contributed by atoms with Crippen molar-refractivity contribution in [3.05, 3.63) is 85.1 Å². The van der Waals surface area contributed by atoms with Gasteiger partial charge in [-0.25, -0.2) is 9.97 Å². The zero-order chi connectivity index (χ0) is 20.5.